The third-order valence-corrected chi connectivity index (χ3v) is 5.41. The SMILES string of the molecule is NCCCC[C@H](N)C(=O)O.O=C(O)COc1ccc(C(=O)c2cccs2)c(Cl)c1Cl. The number of rotatable bonds is 10. The summed E-state index contributed by atoms with van der Waals surface area (Å²) in [5.41, 5.74) is 10.7. The second kappa shape index (κ2) is 13.2. The van der Waals surface area contributed by atoms with Gasteiger partial charge in [0, 0.05) is 5.56 Å². The molecule has 0 amide bonds. The Kier molecular flexibility index (Phi) is 11.4. The molecular weight excluding hydrogens is 455 g/mol. The van der Waals surface area contributed by atoms with Gasteiger partial charge in [0.25, 0.3) is 0 Å². The second-order valence-electron chi connectivity index (χ2n) is 5.96. The summed E-state index contributed by atoms with van der Waals surface area (Å²) in [5.74, 6) is -2.17. The lowest BCUT2D eigenvalue weighted by atomic mass is 10.1. The zero-order valence-electron chi connectivity index (χ0n) is 15.8. The van der Waals surface area contributed by atoms with E-state index in [0.717, 1.165) is 12.8 Å². The molecule has 1 heterocycles. The third kappa shape index (κ3) is 8.29. The van der Waals surface area contributed by atoms with Crippen LogP contribution in [0.15, 0.2) is 29.6 Å². The van der Waals surface area contributed by atoms with Crippen LogP contribution in [-0.2, 0) is 9.59 Å². The van der Waals surface area contributed by atoms with Gasteiger partial charge in [-0.1, -0.05) is 35.7 Å². The molecule has 2 rings (SSSR count). The molecule has 1 atom stereocenters. The summed E-state index contributed by atoms with van der Waals surface area (Å²) in [4.78, 5) is 33.3. The number of ketones is 1. The van der Waals surface area contributed by atoms with Gasteiger partial charge in [-0.3, -0.25) is 9.59 Å². The molecule has 0 aliphatic rings. The summed E-state index contributed by atoms with van der Waals surface area (Å²) in [6, 6.07) is 5.63. The number of carbonyl (C=O) groups excluding carboxylic acids is 1. The van der Waals surface area contributed by atoms with E-state index in [4.69, 9.17) is 49.6 Å². The van der Waals surface area contributed by atoms with Crippen LogP contribution in [0.5, 0.6) is 5.75 Å². The molecule has 0 radical (unpaired) electrons. The lowest BCUT2D eigenvalue weighted by Gasteiger charge is -2.09. The van der Waals surface area contributed by atoms with E-state index in [0.29, 0.717) is 17.8 Å². The van der Waals surface area contributed by atoms with E-state index in [1.807, 2.05) is 0 Å². The van der Waals surface area contributed by atoms with Crippen molar-refractivity contribution in [3.63, 3.8) is 0 Å². The van der Waals surface area contributed by atoms with Gasteiger partial charge in [0.15, 0.2) is 6.61 Å². The highest BCUT2D eigenvalue weighted by atomic mass is 35.5. The van der Waals surface area contributed by atoms with Crippen molar-refractivity contribution in [1.29, 1.82) is 0 Å². The number of benzene rings is 1. The van der Waals surface area contributed by atoms with Gasteiger partial charge in [0.05, 0.1) is 9.90 Å². The smallest absolute Gasteiger partial charge is 0.341 e. The van der Waals surface area contributed by atoms with Crippen LogP contribution in [0.1, 0.15) is 34.5 Å². The van der Waals surface area contributed by atoms with Crippen LogP contribution < -0.4 is 16.2 Å². The maximum atomic E-state index is 12.2. The first kappa shape index (κ1) is 25.9. The van der Waals surface area contributed by atoms with E-state index in [1.54, 1.807) is 17.5 Å². The number of carboxylic acid groups (broad SMARTS) is 2. The summed E-state index contributed by atoms with van der Waals surface area (Å²) in [6.07, 6.45) is 2.16. The van der Waals surface area contributed by atoms with Gasteiger partial charge >= 0.3 is 11.9 Å². The Morgan fingerprint density at radius 2 is 1.80 bits per heavy atom. The molecule has 0 bridgehead atoms. The fourth-order valence-electron chi connectivity index (χ4n) is 2.13. The number of thiophene rings is 1. The lowest BCUT2D eigenvalue weighted by Crippen LogP contribution is -2.29. The highest BCUT2D eigenvalue weighted by Gasteiger charge is 2.19. The van der Waals surface area contributed by atoms with Crippen molar-refractivity contribution in [1.82, 2.24) is 0 Å². The predicted octanol–water partition coefficient (Wildman–Crippen LogP) is 3.28. The molecule has 0 aliphatic heterocycles. The van der Waals surface area contributed by atoms with Crippen molar-refractivity contribution in [2.45, 2.75) is 25.3 Å². The highest BCUT2D eigenvalue weighted by molar-refractivity contribution is 7.12. The van der Waals surface area contributed by atoms with Crippen molar-refractivity contribution in [2.24, 2.45) is 11.5 Å². The van der Waals surface area contributed by atoms with Crippen LogP contribution in [-0.4, -0.2) is 47.1 Å². The van der Waals surface area contributed by atoms with Gasteiger partial charge in [-0.2, -0.15) is 0 Å². The molecule has 2 aromatic rings. The number of halogens is 2. The maximum Gasteiger partial charge on any atom is 0.341 e. The topological polar surface area (TPSA) is 153 Å². The summed E-state index contributed by atoms with van der Waals surface area (Å²) in [6.45, 7) is 0.0700. The molecule has 0 spiro atoms. The standard InChI is InChI=1S/C13H8Cl2O4S.C6H14N2O2/c14-11-7(13(18)9-2-1-5-20-9)3-4-8(12(11)15)19-6-10(16)17;7-4-2-1-3-5(8)6(9)10/h1-5H,6H2,(H,16,17);5H,1-4,7-8H2,(H,9,10)/t;5-/m.0/s1. The summed E-state index contributed by atoms with van der Waals surface area (Å²) in [5, 5.41) is 18.7. The van der Waals surface area contributed by atoms with Crippen LogP contribution in [0.3, 0.4) is 0 Å². The average Bonchev–Trinajstić information content (AvgIpc) is 3.24. The van der Waals surface area contributed by atoms with Crippen molar-refractivity contribution >= 4 is 52.3 Å². The highest BCUT2D eigenvalue weighted by Crippen LogP contribution is 2.36. The first-order valence-corrected chi connectivity index (χ1v) is 10.4. The van der Waals surface area contributed by atoms with Gasteiger partial charge in [0.1, 0.15) is 16.8 Å². The summed E-state index contributed by atoms with van der Waals surface area (Å²) < 4.78 is 4.98. The minimum atomic E-state index is -1.13. The number of aliphatic carboxylic acids is 2. The van der Waals surface area contributed by atoms with Gasteiger partial charge in [0.2, 0.25) is 5.78 Å². The van der Waals surface area contributed by atoms with Crippen molar-refractivity contribution in [3.8, 4) is 5.75 Å². The fourth-order valence-corrected chi connectivity index (χ4v) is 3.27. The molecule has 11 heteroatoms. The number of ether oxygens (including phenoxy) is 1. The quantitative estimate of drug-likeness (QED) is 0.300. The largest absolute Gasteiger partial charge is 0.480 e. The van der Waals surface area contributed by atoms with Crippen LogP contribution in [0.2, 0.25) is 10.0 Å². The molecule has 0 fully saturated rings. The number of carboxylic acids is 2. The van der Waals surface area contributed by atoms with E-state index in [9.17, 15) is 14.4 Å². The third-order valence-electron chi connectivity index (χ3n) is 3.67. The molecular formula is C19H22Cl2N2O6S. The maximum absolute atomic E-state index is 12.2. The van der Waals surface area contributed by atoms with Crippen LogP contribution in [0, 0.1) is 0 Å². The van der Waals surface area contributed by atoms with E-state index < -0.39 is 24.6 Å². The first-order chi connectivity index (χ1) is 14.2. The number of unbranched alkanes of at least 4 members (excludes halogenated alkanes) is 1. The molecule has 164 valence electrons. The monoisotopic (exact) mass is 476 g/mol. The molecule has 0 aliphatic carbocycles. The predicted molar refractivity (Wildman–Crippen MR) is 116 cm³/mol. The summed E-state index contributed by atoms with van der Waals surface area (Å²) in [7, 11) is 0. The van der Waals surface area contributed by atoms with E-state index in [2.05, 4.69) is 0 Å². The number of nitrogens with two attached hydrogens (primary N) is 2. The molecule has 0 saturated carbocycles. The number of hydrogen-bond acceptors (Lipinski definition) is 7. The summed E-state index contributed by atoms with van der Waals surface area (Å²) >= 11 is 13.3. The molecule has 0 unspecified atom stereocenters. The van der Waals surface area contributed by atoms with Gasteiger partial charge < -0.3 is 26.4 Å². The number of hydrogen-bond donors (Lipinski definition) is 4. The average molecular weight is 477 g/mol. The lowest BCUT2D eigenvalue weighted by molar-refractivity contribution is -0.140. The zero-order chi connectivity index (χ0) is 22.7. The minimum Gasteiger partial charge on any atom is -0.480 e. The van der Waals surface area contributed by atoms with Crippen molar-refractivity contribution < 1.29 is 29.3 Å². The normalized spacial score (nSPS) is 11.2. The van der Waals surface area contributed by atoms with Crippen molar-refractivity contribution in [2.75, 3.05) is 13.2 Å². The fraction of sp³-hybridized carbons (Fsp3) is 0.316. The number of carbonyl (C=O) groups is 3. The van der Waals surface area contributed by atoms with Gasteiger partial charge in [-0.15, -0.1) is 11.3 Å². The van der Waals surface area contributed by atoms with Crippen LogP contribution >= 0.6 is 34.5 Å². The molecule has 30 heavy (non-hydrogen) atoms. The zero-order valence-corrected chi connectivity index (χ0v) is 18.2. The molecule has 6 N–H and O–H groups in total. The van der Waals surface area contributed by atoms with Crippen LogP contribution in [0.25, 0.3) is 0 Å². The Bertz CT molecular complexity index is 861. The Hall–Kier alpha value is -2.17. The Morgan fingerprint density at radius 1 is 1.10 bits per heavy atom. The van der Waals surface area contributed by atoms with E-state index >= 15 is 0 Å². The van der Waals surface area contributed by atoms with E-state index in [-0.39, 0.29) is 27.1 Å². The first-order valence-electron chi connectivity index (χ1n) is 8.78. The Labute approximate surface area is 187 Å². The van der Waals surface area contributed by atoms with E-state index in [1.165, 1.54) is 23.5 Å². The molecule has 8 nitrogen and oxygen atoms in total. The van der Waals surface area contributed by atoms with Gasteiger partial charge in [-0.25, -0.2) is 4.79 Å². The Balaban J connectivity index is 0.000000382. The second-order valence-corrected chi connectivity index (χ2v) is 7.66. The Morgan fingerprint density at radius 3 is 2.33 bits per heavy atom. The molecule has 1 aromatic carbocycles. The van der Waals surface area contributed by atoms with Crippen LogP contribution in [0.4, 0.5) is 0 Å². The minimum absolute atomic E-state index is 0.0234. The molecule has 1 aromatic heterocycles. The van der Waals surface area contributed by atoms with Crippen molar-refractivity contribution in [3.05, 3.63) is 50.1 Å². The van der Waals surface area contributed by atoms with Gasteiger partial charge in [-0.05, 0) is 43.0 Å². The molecule has 0 saturated heterocycles.